The van der Waals surface area contributed by atoms with E-state index in [4.69, 9.17) is 5.11 Å². The summed E-state index contributed by atoms with van der Waals surface area (Å²) in [6, 6.07) is -0.415. The summed E-state index contributed by atoms with van der Waals surface area (Å²) in [5, 5.41) is 11.7. The molecule has 0 aromatic carbocycles. The Hall–Kier alpha value is -1.26. The van der Waals surface area contributed by atoms with E-state index in [2.05, 4.69) is 5.32 Å². The van der Waals surface area contributed by atoms with Crippen molar-refractivity contribution in [2.75, 3.05) is 0 Å². The minimum Gasteiger partial charge on any atom is -0.480 e. The van der Waals surface area contributed by atoms with E-state index in [0.29, 0.717) is 12.1 Å². The molecule has 21 heavy (non-hydrogen) atoms. The van der Waals surface area contributed by atoms with Crippen LogP contribution in [0.5, 0.6) is 0 Å². The zero-order chi connectivity index (χ0) is 15.2. The van der Waals surface area contributed by atoms with Gasteiger partial charge in [-0.15, -0.1) is 0 Å². The first-order valence-corrected chi connectivity index (χ1v) is 8.41. The van der Waals surface area contributed by atoms with Crippen LogP contribution < -0.4 is 5.32 Å². The molecule has 0 heterocycles. The lowest BCUT2D eigenvalue weighted by molar-refractivity contribution is -0.138. The standard InChI is InChI=1S/C16H28N2O3/c1-12(15(19)20)17-16(21)18(13-8-4-2-5-9-13)14-10-6-3-7-11-14/h12-14H,2-11H2,1H3,(H,17,21)(H,19,20)/t12-/m1/s1. The highest BCUT2D eigenvalue weighted by molar-refractivity contribution is 5.82. The van der Waals surface area contributed by atoms with Gasteiger partial charge in [-0.05, 0) is 32.6 Å². The molecule has 0 aromatic rings. The molecule has 0 unspecified atom stereocenters. The predicted molar refractivity (Wildman–Crippen MR) is 81.2 cm³/mol. The number of amides is 2. The fourth-order valence-corrected chi connectivity index (χ4v) is 3.67. The summed E-state index contributed by atoms with van der Waals surface area (Å²) >= 11 is 0. The average Bonchev–Trinajstić information content (AvgIpc) is 2.49. The van der Waals surface area contributed by atoms with E-state index >= 15 is 0 Å². The third kappa shape index (κ3) is 4.35. The molecule has 2 N–H and O–H groups in total. The van der Waals surface area contributed by atoms with Gasteiger partial charge in [0.25, 0.3) is 0 Å². The highest BCUT2D eigenvalue weighted by Crippen LogP contribution is 2.30. The molecule has 2 rings (SSSR count). The monoisotopic (exact) mass is 296 g/mol. The van der Waals surface area contributed by atoms with E-state index in [1.54, 1.807) is 0 Å². The lowest BCUT2D eigenvalue weighted by Gasteiger charge is -2.41. The van der Waals surface area contributed by atoms with Gasteiger partial charge in [0.05, 0.1) is 0 Å². The smallest absolute Gasteiger partial charge is 0.325 e. The number of carbonyl (C=O) groups excluding carboxylic acids is 1. The normalized spacial score (nSPS) is 22.5. The van der Waals surface area contributed by atoms with Crippen molar-refractivity contribution in [2.45, 2.75) is 89.3 Å². The summed E-state index contributed by atoms with van der Waals surface area (Å²) in [6.45, 7) is 1.53. The van der Waals surface area contributed by atoms with E-state index in [-0.39, 0.29) is 6.03 Å². The molecule has 0 bridgehead atoms. The summed E-state index contributed by atoms with van der Waals surface area (Å²) in [5.41, 5.74) is 0. The van der Waals surface area contributed by atoms with Gasteiger partial charge in [-0.1, -0.05) is 38.5 Å². The van der Waals surface area contributed by atoms with E-state index in [1.165, 1.54) is 45.4 Å². The molecule has 0 radical (unpaired) electrons. The first-order chi connectivity index (χ1) is 10.1. The summed E-state index contributed by atoms with van der Waals surface area (Å²) in [7, 11) is 0. The second kappa shape index (κ2) is 7.66. The van der Waals surface area contributed by atoms with Crippen LogP contribution in [-0.4, -0.2) is 40.1 Å². The maximum Gasteiger partial charge on any atom is 0.325 e. The van der Waals surface area contributed by atoms with Gasteiger partial charge >= 0.3 is 12.0 Å². The van der Waals surface area contributed by atoms with Crippen molar-refractivity contribution in [1.82, 2.24) is 10.2 Å². The van der Waals surface area contributed by atoms with Crippen LogP contribution in [0.15, 0.2) is 0 Å². The van der Waals surface area contributed by atoms with Gasteiger partial charge < -0.3 is 15.3 Å². The van der Waals surface area contributed by atoms with E-state index in [9.17, 15) is 9.59 Å². The molecule has 0 spiro atoms. The number of hydrogen-bond donors (Lipinski definition) is 2. The van der Waals surface area contributed by atoms with Crippen LogP contribution in [-0.2, 0) is 4.79 Å². The van der Waals surface area contributed by atoms with Gasteiger partial charge in [0.2, 0.25) is 0 Å². The number of nitrogens with one attached hydrogen (secondary N) is 1. The van der Waals surface area contributed by atoms with Crippen LogP contribution in [0.1, 0.15) is 71.1 Å². The van der Waals surface area contributed by atoms with Gasteiger partial charge in [-0.2, -0.15) is 0 Å². The van der Waals surface area contributed by atoms with Gasteiger partial charge in [0, 0.05) is 12.1 Å². The Morgan fingerprint density at radius 1 is 0.952 bits per heavy atom. The molecule has 0 aliphatic heterocycles. The fraction of sp³-hybridized carbons (Fsp3) is 0.875. The number of carboxylic acids is 1. The molecule has 2 fully saturated rings. The number of aliphatic carboxylic acids is 1. The van der Waals surface area contributed by atoms with Crippen molar-refractivity contribution in [3.05, 3.63) is 0 Å². The SMILES string of the molecule is C[C@@H](NC(=O)N(C1CCCCC1)C1CCCCC1)C(=O)O. The predicted octanol–water partition coefficient (Wildman–Crippen LogP) is 3.14. The molecule has 2 amide bonds. The molecular formula is C16H28N2O3. The van der Waals surface area contributed by atoms with Crippen molar-refractivity contribution < 1.29 is 14.7 Å². The van der Waals surface area contributed by atoms with Crippen molar-refractivity contribution in [2.24, 2.45) is 0 Å². The maximum absolute atomic E-state index is 12.6. The summed E-state index contributed by atoms with van der Waals surface area (Å²) in [6.07, 6.45) is 11.5. The Balaban J connectivity index is 2.05. The van der Waals surface area contributed by atoms with Gasteiger partial charge in [0.1, 0.15) is 6.04 Å². The summed E-state index contributed by atoms with van der Waals surface area (Å²) in [4.78, 5) is 25.6. The van der Waals surface area contributed by atoms with E-state index < -0.39 is 12.0 Å². The second-order valence-corrected chi connectivity index (χ2v) is 6.50. The third-order valence-corrected chi connectivity index (χ3v) is 4.88. The number of rotatable bonds is 4. The van der Waals surface area contributed by atoms with Crippen LogP contribution in [0.2, 0.25) is 0 Å². The van der Waals surface area contributed by atoms with Gasteiger partial charge in [-0.25, -0.2) is 4.79 Å². The Labute approximate surface area is 127 Å². The largest absolute Gasteiger partial charge is 0.480 e. The number of urea groups is 1. The Morgan fingerprint density at radius 3 is 1.76 bits per heavy atom. The molecule has 0 aromatic heterocycles. The Bertz CT molecular complexity index is 343. The zero-order valence-corrected chi connectivity index (χ0v) is 13.0. The van der Waals surface area contributed by atoms with Gasteiger partial charge in [0.15, 0.2) is 0 Å². The molecule has 0 saturated heterocycles. The maximum atomic E-state index is 12.6. The first kappa shape index (κ1) is 16.1. The summed E-state index contributed by atoms with van der Waals surface area (Å²) in [5.74, 6) is -0.976. The van der Waals surface area contributed by atoms with Crippen LogP contribution in [0.25, 0.3) is 0 Å². The fourth-order valence-electron chi connectivity index (χ4n) is 3.67. The third-order valence-electron chi connectivity index (χ3n) is 4.88. The minimum atomic E-state index is -0.976. The quantitative estimate of drug-likeness (QED) is 0.837. The number of nitrogens with zero attached hydrogens (tertiary/aromatic N) is 1. The van der Waals surface area contributed by atoms with Crippen LogP contribution >= 0.6 is 0 Å². The number of carboxylic acid groups (broad SMARTS) is 1. The Kier molecular flexibility index (Phi) is 5.88. The van der Waals surface area contributed by atoms with Crippen molar-refractivity contribution in [3.8, 4) is 0 Å². The molecule has 2 aliphatic carbocycles. The number of carbonyl (C=O) groups is 2. The lowest BCUT2D eigenvalue weighted by Crippen LogP contribution is -2.55. The topological polar surface area (TPSA) is 69.6 Å². The van der Waals surface area contributed by atoms with Crippen LogP contribution in [0.3, 0.4) is 0 Å². The van der Waals surface area contributed by atoms with Crippen LogP contribution in [0, 0.1) is 0 Å². The van der Waals surface area contributed by atoms with Crippen LogP contribution in [0.4, 0.5) is 4.79 Å². The second-order valence-electron chi connectivity index (χ2n) is 6.50. The zero-order valence-electron chi connectivity index (χ0n) is 13.0. The molecule has 2 aliphatic rings. The van der Waals surface area contributed by atoms with E-state index in [0.717, 1.165) is 25.7 Å². The molecule has 2 saturated carbocycles. The first-order valence-electron chi connectivity index (χ1n) is 8.41. The molecule has 5 heteroatoms. The average molecular weight is 296 g/mol. The molecule has 5 nitrogen and oxygen atoms in total. The van der Waals surface area contributed by atoms with Crippen molar-refractivity contribution in [3.63, 3.8) is 0 Å². The number of hydrogen-bond acceptors (Lipinski definition) is 2. The lowest BCUT2D eigenvalue weighted by atomic mass is 9.89. The van der Waals surface area contributed by atoms with Gasteiger partial charge in [-0.3, -0.25) is 4.79 Å². The minimum absolute atomic E-state index is 0.177. The Morgan fingerprint density at radius 2 is 1.38 bits per heavy atom. The molecular weight excluding hydrogens is 268 g/mol. The highest BCUT2D eigenvalue weighted by Gasteiger charge is 2.33. The molecule has 120 valence electrons. The van der Waals surface area contributed by atoms with Crippen molar-refractivity contribution >= 4 is 12.0 Å². The highest BCUT2D eigenvalue weighted by atomic mass is 16.4. The van der Waals surface area contributed by atoms with Crippen molar-refractivity contribution in [1.29, 1.82) is 0 Å². The van der Waals surface area contributed by atoms with E-state index in [1.807, 2.05) is 4.90 Å². The molecule has 1 atom stereocenters. The summed E-state index contributed by atoms with van der Waals surface area (Å²) < 4.78 is 0.